The number of benzene rings is 1. The number of oxazole rings is 1. The van der Waals surface area contributed by atoms with Gasteiger partial charge < -0.3 is 14.3 Å². The van der Waals surface area contributed by atoms with Crippen molar-refractivity contribution in [3.8, 4) is 27.8 Å². The number of carboxylic acid groups (broad SMARTS) is 1. The number of nitrogens with zero attached hydrogens (tertiary/aromatic N) is 1. The average molecular weight is 315 g/mol. The van der Waals surface area contributed by atoms with Crippen LogP contribution in [0.5, 0.6) is 5.75 Å². The Kier molecular flexibility index (Phi) is 3.93. The molecule has 0 atom stereocenters. The number of thiophene rings is 1. The van der Waals surface area contributed by atoms with Gasteiger partial charge in [0.2, 0.25) is 5.89 Å². The molecule has 0 fully saturated rings. The molecule has 22 heavy (non-hydrogen) atoms. The highest BCUT2D eigenvalue weighted by atomic mass is 32.1. The van der Waals surface area contributed by atoms with Crippen molar-refractivity contribution in [2.75, 3.05) is 7.11 Å². The van der Waals surface area contributed by atoms with E-state index in [2.05, 4.69) is 4.98 Å². The third-order valence-electron chi connectivity index (χ3n) is 3.08. The largest absolute Gasteiger partial charge is 0.497 e. The topological polar surface area (TPSA) is 72.6 Å². The minimum Gasteiger partial charge on any atom is -0.497 e. The minimum absolute atomic E-state index is 0.180. The maximum Gasteiger partial charge on any atom is 0.309 e. The van der Waals surface area contributed by atoms with E-state index >= 15 is 0 Å². The van der Waals surface area contributed by atoms with E-state index in [9.17, 15) is 4.79 Å². The lowest BCUT2D eigenvalue weighted by Gasteiger charge is -2.00. The summed E-state index contributed by atoms with van der Waals surface area (Å²) in [5.74, 6) is 0.644. The van der Waals surface area contributed by atoms with Crippen LogP contribution in [0.3, 0.4) is 0 Å². The Labute approximate surface area is 130 Å². The number of carbonyl (C=O) groups is 1. The number of carboxylic acids is 1. The van der Waals surface area contributed by atoms with Crippen LogP contribution < -0.4 is 4.74 Å². The molecular formula is C16H13NO4S. The molecule has 0 bridgehead atoms. The molecule has 0 amide bonds. The number of rotatable bonds is 5. The van der Waals surface area contributed by atoms with Gasteiger partial charge in [0.1, 0.15) is 5.75 Å². The summed E-state index contributed by atoms with van der Waals surface area (Å²) in [4.78, 5) is 16.3. The first-order valence-corrected chi connectivity index (χ1v) is 7.45. The van der Waals surface area contributed by atoms with Crippen molar-refractivity contribution in [1.82, 2.24) is 4.98 Å². The summed E-state index contributed by atoms with van der Waals surface area (Å²) in [7, 11) is 1.58. The molecular weight excluding hydrogens is 302 g/mol. The van der Waals surface area contributed by atoms with Gasteiger partial charge in [-0.1, -0.05) is 12.1 Å². The van der Waals surface area contributed by atoms with Crippen molar-refractivity contribution in [3.63, 3.8) is 0 Å². The van der Waals surface area contributed by atoms with Gasteiger partial charge in [-0.3, -0.25) is 4.79 Å². The predicted molar refractivity (Wildman–Crippen MR) is 83.1 cm³/mol. The summed E-state index contributed by atoms with van der Waals surface area (Å²) in [5.41, 5.74) is 1.17. The highest BCUT2D eigenvalue weighted by molar-refractivity contribution is 7.13. The molecule has 0 aliphatic heterocycles. The van der Waals surface area contributed by atoms with Crippen LogP contribution in [0.1, 0.15) is 5.69 Å². The van der Waals surface area contributed by atoms with E-state index in [1.807, 2.05) is 35.7 Å². The van der Waals surface area contributed by atoms with Crippen LogP contribution in [0.2, 0.25) is 0 Å². The first kappa shape index (κ1) is 14.3. The van der Waals surface area contributed by atoms with Gasteiger partial charge in [-0.15, -0.1) is 11.3 Å². The van der Waals surface area contributed by atoms with Crippen LogP contribution in [0.25, 0.3) is 22.1 Å². The molecule has 0 aliphatic rings. The second-order valence-electron chi connectivity index (χ2n) is 4.57. The molecule has 2 heterocycles. The van der Waals surface area contributed by atoms with E-state index < -0.39 is 5.97 Å². The molecule has 0 spiro atoms. The third kappa shape index (κ3) is 2.87. The monoisotopic (exact) mass is 315 g/mol. The van der Waals surface area contributed by atoms with Crippen molar-refractivity contribution in [3.05, 3.63) is 47.5 Å². The van der Waals surface area contributed by atoms with E-state index in [4.69, 9.17) is 14.3 Å². The molecule has 0 saturated heterocycles. The molecule has 0 saturated carbocycles. The van der Waals surface area contributed by atoms with E-state index in [0.717, 1.165) is 10.4 Å². The van der Waals surface area contributed by atoms with Crippen LogP contribution in [-0.4, -0.2) is 23.2 Å². The Balaban J connectivity index is 2.07. The highest BCUT2D eigenvalue weighted by Gasteiger charge is 2.19. The van der Waals surface area contributed by atoms with E-state index in [1.54, 1.807) is 13.2 Å². The van der Waals surface area contributed by atoms with Gasteiger partial charge in [0, 0.05) is 5.56 Å². The number of methoxy groups -OCH3 is 1. The Morgan fingerprint density at radius 2 is 2.23 bits per heavy atom. The molecule has 2 aromatic heterocycles. The average Bonchev–Trinajstić information content (AvgIpc) is 3.16. The molecule has 0 aliphatic carbocycles. The van der Waals surface area contributed by atoms with E-state index in [1.165, 1.54) is 11.3 Å². The van der Waals surface area contributed by atoms with Gasteiger partial charge in [-0.2, -0.15) is 0 Å². The Bertz CT molecular complexity index is 792. The SMILES string of the molecule is COc1cccc(-c2nc(CC(=O)O)c(-c3cccs3)o2)c1. The second kappa shape index (κ2) is 6.03. The van der Waals surface area contributed by atoms with Crippen molar-refractivity contribution in [2.24, 2.45) is 0 Å². The van der Waals surface area contributed by atoms with Crippen LogP contribution in [-0.2, 0) is 11.2 Å². The zero-order valence-electron chi connectivity index (χ0n) is 11.8. The lowest BCUT2D eigenvalue weighted by atomic mass is 10.2. The lowest BCUT2D eigenvalue weighted by molar-refractivity contribution is -0.136. The number of aromatic nitrogens is 1. The van der Waals surface area contributed by atoms with Crippen LogP contribution >= 0.6 is 11.3 Å². The quantitative estimate of drug-likeness (QED) is 0.777. The molecule has 3 rings (SSSR count). The molecule has 0 unspecified atom stereocenters. The number of hydrogen-bond donors (Lipinski definition) is 1. The smallest absolute Gasteiger partial charge is 0.309 e. The van der Waals surface area contributed by atoms with Gasteiger partial charge >= 0.3 is 5.97 Å². The fraction of sp³-hybridized carbons (Fsp3) is 0.125. The van der Waals surface area contributed by atoms with Gasteiger partial charge in [-0.05, 0) is 29.6 Å². The molecule has 5 nitrogen and oxygen atoms in total. The summed E-state index contributed by atoms with van der Waals surface area (Å²) in [6.45, 7) is 0. The first-order chi connectivity index (χ1) is 10.7. The standard InChI is InChI=1S/C16H13NO4S/c1-20-11-5-2-4-10(8-11)16-17-12(9-14(18)19)15(21-16)13-6-3-7-22-13/h2-8H,9H2,1H3,(H,18,19). The van der Waals surface area contributed by atoms with Crippen molar-refractivity contribution in [1.29, 1.82) is 0 Å². The molecule has 0 radical (unpaired) electrons. The van der Waals surface area contributed by atoms with Crippen LogP contribution in [0.4, 0.5) is 0 Å². The van der Waals surface area contributed by atoms with Gasteiger partial charge in [0.05, 0.1) is 24.1 Å². The predicted octanol–water partition coefficient (Wildman–Crippen LogP) is 3.71. The summed E-state index contributed by atoms with van der Waals surface area (Å²) in [6.07, 6.45) is -0.180. The van der Waals surface area contributed by atoms with Gasteiger partial charge in [0.15, 0.2) is 5.76 Å². The van der Waals surface area contributed by atoms with Crippen molar-refractivity contribution >= 4 is 17.3 Å². The zero-order valence-corrected chi connectivity index (χ0v) is 12.6. The number of ether oxygens (including phenoxy) is 1. The lowest BCUT2D eigenvalue weighted by Crippen LogP contribution is -2.01. The first-order valence-electron chi connectivity index (χ1n) is 6.57. The minimum atomic E-state index is -0.941. The maximum absolute atomic E-state index is 11.0. The summed E-state index contributed by atoms with van der Waals surface area (Å²) < 4.78 is 11.0. The number of hydrogen-bond acceptors (Lipinski definition) is 5. The molecule has 1 N–H and O–H groups in total. The van der Waals surface area contributed by atoms with Crippen LogP contribution in [0, 0.1) is 0 Å². The van der Waals surface area contributed by atoms with E-state index in [0.29, 0.717) is 23.1 Å². The van der Waals surface area contributed by atoms with E-state index in [-0.39, 0.29) is 6.42 Å². The molecule has 112 valence electrons. The van der Waals surface area contributed by atoms with Crippen molar-refractivity contribution in [2.45, 2.75) is 6.42 Å². The second-order valence-corrected chi connectivity index (χ2v) is 5.52. The Morgan fingerprint density at radius 3 is 2.91 bits per heavy atom. The zero-order chi connectivity index (χ0) is 15.5. The van der Waals surface area contributed by atoms with Gasteiger partial charge in [-0.25, -0.2) is 4.98 Å². The normalized spacial score (nSPS) is 10.6. The fourth-order valence-electron chi connectivity index (χ4n) is 2.09. The molecule has 1 aromatic carbocycles. The fourth-order valence-corrected chi connectivity index (χ4v) is 2.82. The van der Waals surface area contributed by atoms with Crippen LogP contribution in [0.15, 0.2) is 46.2 Å². The Hall–Kier alpha value is -2.60. The summed E-state index contributed by atoms with van der Waals surface area (Å²) >= 11 is 1.48. The maximum atomic E-state index is 11.0. The summed E-state index contributed by atoms with van der Waals surface area (Å²) in [6, 6.07) is 11.1. The molecule has 6 heteroatoms. The Morgan fingerprint density at radius 1 is 1.36 bits per heavy atom. The van der Waals surface area contributed by atoms with Gasteiger partial charge in [0.25, 0.3) is 0 Å². The summed E-state index contributed by atoms with van der Waals surface area (Å²) in [5, 5.41) is 11.0. The van der Waals surface area contributed by atoms with Crippen molar-refractivity contribution < 1.29 is 19.1 Å². The third-order valence-corrected chi connectivity index (χ3v) is 3.95. The molecule has 3 aromatic rings. The number of aliphatic carboxylic acids is 1. The highest BCUT2D eigenvalue weighted by Crippen LogP contribution is 2.33.